The minimum Gasteiger partial charge on any atom is -0.370 e. The van der Waals surface area contributed by atoms with Gasteiger partial charge in [-0.3, -0.25) is 10.8 Å². The first kappa shape index (κ1) is 14.2. The molecule has 88 valence electrons. The van der Waals surface area contributed by atoms with Crippen molar-refractivity contribution in [3.05, 3.63) is 0 Å². The van der Waals surface area contributed by atoms with Crippen LogP contribution in [-0.2, 0) is 0 Å². The first-order chi connectivity index (χ1) is 7.16. The van der Waals surface area contributed by atoms with Gasteiger partial charge in [-0.2, -0.15) is 0 Å². The zero-order valence-corrected chi connectivity index (χ0v) is 10.4. The Kier molecular flexibility index (Phi) is 9.29. The van der Waals surface area contributed by atoms with Crippen LogP contribution in [0.5, 0.6) is 0 Å². The number of nitrogens with one attached hydrogen (secondary N) is 5. The Hall–Kier alpha value is -0.760. The largest absolute Gasteiger partial charge is 0.370 e. The van der Waals surface area contributed by atoms with Gasteiger partial charge in [0.15, 0.2) is 11.9 Å². The fraction of sp³-hybridized carbons (Fsp3) is 0.714. The van der Waals surface area contributed by atoms with E-state index < -0.39 is 0 Å². The highest BCUT2D eigenvalue weighted by atomic mass is 33.1. The minimum absolute atomic E-state index is 0.0183. The van der Waals surface area contributed by atoms with Crippen LogP contribution in [-0.4, -0.2) is 43.6 Å². The van der Waals surface area contributed by atoms with Crippen LogP contribution in [0.1, 0.15) is 0 Å². The monoisotopic (exact) mass is 250 g/mol. The summed E-state index contributed by atoms with van der Waals surface area (Å²) in [5.41, 5.74) is 5.12. The van der Waals surface area contributed by atoms with E-state index in [9.17, 15) is 0 Å². The summed E-state index contributed by atoms with van der Waals surface area (Å²) in [4.78, 5) is 0. The van der Waals surface area contributed by atoms with Gasteiger partial charge in [-0.1, -0.05) is 21.6 Å². The van der Waals surface area contributed by atoms with Gasteiger partial charge in [0, 0.05) is 31.6 Å². The highest BCUT2D eigenvalue weighted by Crippen LogP contribution is 2.18. The molecule has 0 saturated carbocycles. The van der Waals surface area contributed by atoms with Crippen molar-refractivity contribution in [2.24, 2.45) is 5.73 Å². The lowest BCUT2D eigenvalue weighted by Crippen LogP contribution is -2.34. The highest BCUT2D eigenvalue weighted by Gasteiger charge is 1.93. The Morgan fingerprint density at radius 3 is 2.13 bits per heavy atom. The van der Waals surface area contributed by atoms with Gasteiger partial charge >= 0.3 is 0 Å². The molecule has 15 heavy (non-hydrogen) atoms. The second-order valence-corrected chi connectivity index (χ2v) is 5.24. The molecule has 0 spiro atoms. The maximum absolute atomic E-state index is 7.25. The average Bonchev–Trinajstić information content (AvgIpc) is 2.21. The van der Waals surface area contributed by atoms with E-state index in [1.807, 2.05) is 0 Å². The maximum Gasteiger partial charge on any atom is 0.188 e. The number of hydrogen-bond donors (Lipinski definition) is 6. The minimum atomic E-state index is 0.0183. The van der Waals surface area contributed by atoms with E-state index in [1.165, 1.54) is 0 Å². The summed E-state index contributed by atoms with van der Waals surface area (Å²) >= 11 is 0. The van der Waals surface area contributed by atoms with Gasteiger partial charge in [0.2, 0.25) is 0 Å². The van der Waals surface area contributed by atoms with Crippen LogP contribution in [0.3, 0.4) is 0 Å². The molecule has 8 heteroatoms. The van der Waals surface area contributed by atoms with E-state index in [0.717, 1.165) is 18.1 Å². The molecule has 7 N–H and O–H groups in total. The second-order valence-electron chi connectivity index (χ2n) is 2.54. The SMILES string of the molecule is CNC(=N)NCCSSCCNC(=N)N. The molecule has 0 bridgehead atoms. The molecule has 6 nitrogen and oxygen atoms in total. The highest BCUT2D eigenvalue weighted by molar-refractivity contribution is 8.76. The summed E-state index contributed by atoms with van der Waals surface area (Å²) in [6, 6.07) is 0. The van der Waals surface area contributed by atoms with E-state index in [0.29, 0.717) is 12.5 Å². The summed E-state index contributed by atoms with van der Waals surface area (Å²) in [6.07, 6.45) is 0. The molecular weight excluding hydrogens is 232 g/mol. The molecular formula is C7H18N6S2. The Balaban J connectivity index is 3.05. The Bertz CT molecular complexity index is 198. The molecule has 0 aliphatic heterocycles. The summed E-state index contributed by atoms with van der Waals surface area (Å²) in [5.74, 6) is 2.21. The van der Waals surface area contributed by atoms with E-state index in [4.69, 9.17) is 16.6 Å². The van der Waals surface area contributed by atoms with Gasteiger partial charge in [-0.15, -0.1) is 0 Å². The van der Waals surface area contributed by atoms with E-state index in [-0.39, 0.29) is 5.96 Å². The van der Waals surface area contributed by atoms with Crippen molar-refractivity contribution < 1.29 is 0 Å². The van der Waals surface area contributed by atoms with Gasteiger partial charge in [0.1, 0.15) is 0 Å². The predicted octanol–water partition coefficient (Wildman–Crippen LogP) is -0.405. The predicted molar refractivity (Wildman–Crippen MR) is 69.6 cm³/mol. The number of nitrogens with two attached hydrogens (primary N) is 1. The van der Waals surface area contributed by atoms with Crippen LogP contribution in [0.25, 0.3) is 0 Å². The van der Waals surface area contributed by atoms with Crippen LogP contribution in [0.15, 0.2) is 0 Å². The first-order valence-corrected chi connectivity index (χ1v) is 6.98. The molecule has 0 aromatic carbocycles. The topological polar surface area (TPSA) is 110 Å². The van der Waals surface area contributed by atoms with Gasteiger partial charge in [-0.25, -0.2) is 0 Å². The van der Waals surface area contributed by atoms with Crippen molar-refractivity contribution in [1.29, 1.82) is 10.8 Å². The standard InChI is InChI=1S/C7H18N6S2/c1-11-7(10)13-3-5-15-14-4-2-12-6(8)9/h2-5H2,1H3,(H4,8,9,12)(H3,10,11,13). The number of rotatable bonds is 7. The van der Waals surface area contributed by atoms with Crippen LogP contribution in [0.2, 0.25) is 0 Å². The molecule has 0 amide bonds. The van der Waals surface area contributed by atoms with Crippen molar-refractivity contribution in [2.45, 2.75) is 0 Å². The van der Waals surface area contributed by atoms with Crippen LogP contribution < -0.4 is 21.7 Å². The zero-order chi connectivity index (χ0) is 11.5. The fourth-order valence-corrected chi connectivity index (χ4v) is 2.46. The summed E-state index contributed by atoms with van der Waals surface area (Å²) in [6.45, 7) is 1.49. The molecule has 0 atom stereocenters. The van der Waals surface area contributed by atoms with Crippen molar-refractivity contribution >= 4 is 33.5 Å². The fourth-order valence-electron chi connectivity index (χ4n) is 0.651. The lowest BCUT2D eigenvalue weighted by atomic mass is 10.7. The molecule has 0 rings (SSSR count). The number of hydrogen-bond acceptors (Lipinski definition) is 4. The Morgan fingerprint density at radius 2 is 1.67 bits per heavy atom. The molecule has 0 aromatic heterocycles. The van der Waals surface area contributed by atoms with Crippen LogP contribution in [0.4, 0.5) is 0 Å². The van der Waals surface area contributed by atoms with Crippen LogP contribution >= 0.6 is 21.6 Å². The molecule has 0 radical (unpaired) electrons. The first-order valence-electron chi connectivity index (χ1n) is 4.49. The van der Waals surface area contributed by atoms with Gasteiger partial charge in [-0.05, 0) is 0 Å². The normalized spacial score (nSPS) is 9.40. The van der Waals surface area contributed by atoms with E-state index >= 15 is 0 Å². The molecule has 0 aromatic rings. The Labute approximate surface area is 97.9 Å². The smallest absolute Gasteiger partial charge is 0.188 e. The molecule has 0 saturated heterocycles. The van der Waals surface area contributed by atoms with Crippen molar-refractivity contribution in [3.8, 4) is 0 Å². The third-order valence-corrected chi connectivity index (χ3v) is 3.73. The summed E-state index contributed by atoms with van der Waals surface area (Å²) in [7, 11) is 5.17. The summed E-state index contributed by atoms with van der Waals surface area (Å²) < 4.78 is 0. The lowest BCUT2D eigenvalue weighted by Gasteiger charge is -2.06. The molecule has 0 fully saturated rings. The second kappa shape index (κ2) is 9.78. The van der Waals surface area contributed by atoms with Gasteiger partial charge < -0.3 is 21.7 Å². The molecule has 0 heterocycles. The quantitative estimate of drug-likeness (QED) is 0.159. The zero-order valence-electron chi connectivity index (χ0n) is 8.72. The maximum atomic E-state index is 7.25. The molecule has 0 unspecified atom stereocenters. The summed E-state index contributed by atoms with van der Waals surface area (Å²) in [5, 5.41) is 22.5. The van der Waals surface area contributed by atoms with E-state index in [2.05, 4.69) is 16.0 Å². The average molecular weight is 250 g/mol. The third kappa shape index (κ3) is 11.2. The van der Waals surface area contributed by atoms with Gasteiger partial charge in [0.25, 0.3) is 0 Å². The van der Waals surface area contributed by atoms with Crippen molar-refractivity contribution in [3.63, 3.8) is 0 Å². The molecule has 0 aliphatic carbocycles. The molecule has 0 aliphatic rings. The van der Waals surface area contributed by atoms with Crippen molar-refractivity contribution in [1.82, 2.24) is 16.0 Å². The number of guanidine groups is 2. The third-order valence-electron chi connectivity index (χ3n) is 1.32. The van der Waals surface area contributed by atoms with Crippen molar-refractivity contribution in [2.75, 3.05) is 31.6 Å². The van der Waals surface area contributed by atoms with Gasteiger partial charge in [0.05, 0.1) is 0 Å². The van der Waals surface area contributed by atoms with E-state index in [1.54, 1.807) is 28.6 Å². The lowest BCUT2D eigenvalue weighted by molar-refractivity contribution is 0.908. The van der Waals surface area contributed by atoms with Crippen LogP contribution in [0, 0.1) is 10.8 Å². The Morgan fingerprint density at radius 1 is 1.13 bits per heavy atom.